The number of carbonyl (C=O) groups excluding carboxylic acids is 1. The van der Waals surface area contributed by atoms with Gasteiger partial charge in [-0.15, -0.1) is 0 Å². The molecule has 7 heteroatoms. The van der Waals surface area contributed by atoms with Gasteiger partial charge in [-0.25, -0.2) is 0 Å². The van der Waals surface area contributed by atoms with Crippen molar-refractivity contribution in [3.63, 3.8) is 0 Å². The second-order valence-electron chi connectivity index (χ2n) is 7.03. The molecule has 1 amide bonds. The molecule has 1 saturated heterocycles. The number of carbonyl (C=O) groups is 1. The summed E-state index contributed by atoms with van der Waals surface area (Å²) in [5.41, 5.74) is 1.81. The molecule has 27 heavy (non-hydrogen) atoms. The van der Waals surface area contributed by atoms with Crippen LogP contribution >= 0.6 is 0 Å². The van der Waals surface area contributed by atoms with E-state index in [-0.39, 0.29) is 5.91 Å². The highest BCUT2D eigenvalue weighted by Crippen LogP contribution is 2.15. The van der Waals surface area contributed by atoms with Crippen LogP contribution in [0.3, 0.4) is 0 Å². The summed E-state index contributed by atoms with van der Waals surface area (Å²) in [5.74, 6) is 0.809. The van der Waals surface area contributed by atoms with Crippen LogP contribution < -0.4 is 10.6 Å². The number of likely N-dealkylation sites (tertiary alicyclic amines) is 1. The number of rotatable bonds is 8. The Morgan fingerprint density at radius 1 is 1.30 bits per heavy atom. The lowest BCUT2D eigenvalue weighted by atomic mass is 10.1. The smallest absolute Gasteiger partial charge is 0.253 e. The molecule has 1 aromatic rings. The first-order chi connectivity index (χ1) is 13.0. The number of nitrogens with zero attached hydrogens (tertiary/aromatic N) is 3. The number of methoxy groups -OCH3 is 1. The Balaban J connectivity index is 1.79. The third-order valence-electron chi connectivity index (χ3n) is 4.88. The summed E-state index contributed by atoms with van der Waals surface area (Å²) in [6.07, 6.45) is 2.44. The van der Waals surface area contributed by atoms with Crippen LogP contribution in [0.2, 0.25) is 0 Å². The number of aliphatic imine (C=N–C) groups is 1. The summed E-state index contributed by atoms with van der Waals surface area (Å²) in [4.78, 5) is 20.3. The first kappa shape index (κ1) is 21.2. The maximum Gasteiger partial charge on any atom is 0.253 e. The summed E-state index contributed by atoms with van der Waals surface area (Å²) in [7, 11) is 7.05. The zero-order valence-corrected chi connectivity index (χ0v) is 17.0. The van der Waals surface area contributed by atoms with Gasteiger partial charge in [-0.3, -0.25) is 14.7 Å². The molecule has 1 heterocycles. The Labute approximate surface area is 162 Å². The minimum Gasteiger partial charge on any atom is -0.383 e. The highest BCUT2D eigenvalue weighted by Gasteiger charge is 2.23. The van der Waals surface area contributed by atoms with Crippen LogP contribution in [0.5, 0.6) is 0 Å². The zero-order chi connectivity index (χ0) is 19.6. The molecule has 0 radical (unpaired) electrons. The molecule has 0 aliphatic carbocycles. The number of benzene rings is 1. The number of ether oxygens (including phenoxy) is 1. The summed E-state index contributed by atoms with van der Waals surface area (Å²) >= 11 is 0. The van der Waals surface area contributed by atoms with Gasteiger partial charge in [0, 0.05) is 59.5 Å². The summed E-state index contributed by atoms with van der Waals surface area (Å²) in [6, 6.07) is 8.19. The van der Waals surface area contributed by atoms with E-state index in [2.05, 4.69) is 20.5 Å². The lowest BCUT2D eigenvalue weighted by Gasteiger charge is -2.25. The van der Waals surface area contributed by atoms with Gasteiger partial charge in [-0.1, -0.05) is 12.1 Å². The van der Waals surface area contributed by atoms with E-state index in [1.54, 1.807) is 33.2 Å². The van der Waals surface area contributed by atoms with Gasteiger partial charge in [0.25, 0.3) is 5.91 Å². The molecule has 7 nitrogen and oxygen atoms in total. The van der Waals surface area contributed by atoms with Crippen molar-refractivity contribution in [3.05, 3.63) is 35.4 Å². The van der Waals surface area contributed by atoms with Crippen molar-refractivity contribution in [3.8, 4) is 0 Å². The van der Waals surface area contributed by atoms with E-state index in [9.17, 15) is 4.79 Å². The van der Waals surface area contributed by atoms with Crippen molar-refractivity contribution < 1.29 is 9.53 Å². The lowest BCUT2D eigenvalue weighted by Crippen LogP contribution is -2.45. The highest BCUT2D eigenvalue weighted by atomic mass is 16.5. The van der Waals surface area contributed by atoms with Gasteiger partial charge >= 0.3 is 0 Å². The molecule has 2 rings (SSSR count). The fourth-order valence-corrected chi connectivity index (χ4v) is 3.27. The van der Waals surface area contributed by atoms with Crippen molar-refractivity contribution in [1.82, 2.24) is 20.4 Å². The molecule has 1 aromatic carbocycles. The summed E-state index contributed by atoms with van der Waals surface area (Å²) in [6.45, 7) is 4.43. The molecule has 1 atom stereocenters. The van der Waals surface area contributed by atoms with Crippen LogP contribution in [0.1, 0.15) is 28.8 Å². The molecule has 0 saturated carbocycles. The molecular weight excluding hydrogens is 342 g/mol. The summed E-state index contributed by atoms with van der Waals surface area (Å²) in [5, 5.41) is 6.77. The first-order valence-electron chi connectivity index (χ1n) is 9.53. The fraction of sp³-hybridized carbons (Fsp3) is 0.600. The molecule has 1 aliphatic heterocycles. The van der Waals surface area contributed by atoms with Crippen molar-refractivity contribution in [2.45, 2.75) is 25.4 Å². The predicted octanol–water partition coefficient (Wildman–Crippen LogP) is 1.16. The van der Waals surface area contributed by atoms with E-state index in [0.717, 1.165) is 37.8 Å². The van der Waals surface area contributed by atoms with E-state index >= 15 is 0 Å². The normalized spacial score (nSPS) is 17.8. The molecule has 0 aromatic heterocycles. The minimum atomic E-state index is 0.0153. The number of nitrogens with one attached hydrogen (secondary N) is 2. The molecule has 1 aliphatic rings. The number of hydrogen-bond donors (Lipinski definition) is 2. The van der Waals surface area contributed by atoms with Crippen LogP contribution in [0.25, 0.3) is 0 Å². The Morgan fingerprint density at radius 2 is 2.04 bits per heavy atom. The molecule has 2 N–H and O–H groups in total. The van der Waals surface area contributed by atoms with Crippen molar-refractivity contribution >= 4 is 11.9 Å². The Hall–Kier alpha value is -2.12. The van der Waals surface area contributed by atoms with Crippen LogP contribution in [-0.2, 0) is 11.3 Å². The summed E-state index contributed by atoms with van der Waals surface area (Å²) < 4.78 is 5.20. The quantitative estimate of drug-likeness (QED) is 0.527. The minimum absolute atomic E-state index is 0.0153. The average molecular weight is 376 g/mol. The maximum absolute atomic E-state index is 11.9. The first-order valence-corrected chi connectivity index (χ1v) is 9.53. The van der Waals surface area contributed by atoms with Crippen LogP contribution in [-0.4, -0.2) is 82.2 Å². The third kappa shape index (κ3) is 6.52. The highest BCUT2D eigenvalue weighted by molar-refractivity contribution is 5.93. The fourth-order valence-electron chi connectivity index (χ4n) is 3.27. The van der Waals surface area contributed by atoms with E-state index in [0.29, 0.717) is 18.2 Å². The predicted molar refractivity (Wildman–Crippen MR) is 109 cm³/mol. The van der Waals surface area contributed by atoms with E-state index in [1.807, 2.05) is 24.3 Å². The Kier molecular flexibility index (Phi) is 8.54. The average Bonchev–Trinajstić information content (AvgIpc) is 3.13. The molecular formula is C20H33N5O2. The van der Waals surface area contributed by atoms with Crippen molar-refractivity contribution in [1.29, 1.82) is 0 Å². The zero-order valence-electron chi connectivity index (χ0n) is 17.0. The maximum atomic E-state index is 11.9. The standard InChI is InChI=1S/C20H33N5O2/c1-21-20(23-15-18-6-5-11-25(18)12-13-27-4)22-14-16-7-9-17(10-8-16)19(26)24(2)3/h7-10,18H,5-6,11-15H2,1-4H3,(H2,21,22,23). The van der Waals surface area contributed by atoms with E-state index in [4.69, 9.17) is 4.74 Å². The monoisotopic (exact) mass is 375 g/mol. The van der Waals surface area contributed by atoms with Gasteiger partial charge in [-0.05, 0) is 37.1 Å². The van der Waals surface area contributed by atoms with Crippen LogP contribution in [0.15, 0.2) is 29.3 Å². The Bertz CT molecular complexity index is 615. The second-order valence-corrected chi connectivity index (χ2v) is 7.03. The third-order valence-corrected chi connectivity index (χ3v) is 4.88. The largest absolute Gasteiger partial charge is 0.383 e. The van der Waals surface area contributed by atoms with Crippen molar-refractivity contribution in [2.75, 3.05) is 54.5 Å². The Morgan fingerprint density at radius 3 is 2.67 bits per heavy atom. The second kappa shape index (κ2) is 10.9. The van der Waals surface area contributed by atoms with Crippen molar-refractivity contribution in [2.24, 2.45) is 4.99 Å². The molecule has 0 spiro atoms. The molecule has 150 valence electrons. The molecule has 0 bridgehead atoms. The molecule has 1 unspecified atom stereocenters. The van der Waals surface area contributed by atoms with Gasteiger partial charge in [-0.2, -0.15) is 0 Å². The van der Waals surface area contributed by atoms with Crippen LogP contribution in [0, 0.1) is 0 Å². The topological polar surface area (TPSA) is 69.2 Å². The van der Waals surface area contributed by atoms with Gasteiger partial charge in [0.2, 0.25) is 0 Å². The number of guanidine groups is 1. The number of amides is 1. The lowest BCUT2D eigenvalue weighted by molar-refractivity contribution is 0.0827. The van der Waals surface area contributed by atoms with E-state index in [1.165, 1.54) is 12.8 Å². The molecule has 1 fully saturated rings. The van der Waals surface area contributed by atoms with Gasteiger partial charge in [0.1, 0.15) is 0 Å². The number of hydrogen-bond acceptors (Lipinski definition) is 4. The van der Waals surface area contributed by atoms with Crippen LogP contribution in [0.4, 0.5) is 0 Å². The van der Waals surface area contributed by atoms with Gasteiger partial charge in [0.05, 0.1) is 6.61 Å². The van der Waals surface area contributed by atoms with Gasteiger partial charge in [0.15, 0.2) is 5.96 Å². The van der Waals surface area contributed by atoms with Gasteiger partial charge < -0.3 is 20.3 Å². The van der Waals surface area contributed by atoms with E-state index < -0.39 is 0 Å². The SMILES string of the molecule is CN=C(NCc1ccc(C(=O)N(C)C)cc1)NCC1CCCN1CCOC.